The quantitative estimate of drug-likeness (QED) is 0.753. The van der Waals surface area contributed by atoms with Gasteiger partial charge in [-0.05, 0) is 50.1 Å². The van der Waals surface area contributed by atoms with Crippen molar-refractivity contribution in [2.24, 2.45) is 0 Å². The molecule has 3 aromatic rings. The zero-order valence-corrected chi connectivity index (χ0v) is 13.9. The molecule has 1 aliphatic rings. The second kappa shape index (κ2) is 6.35. The van der Waals surface area contributed by atoms with Crippen LogP contribution in [0.15, 0.2) is 42.7 Å². The largest absolute Gasteiger partial charge is 0.326 e. The summed E-state index contributed by atoms with van der Waals surface area (Å²) >= 11 is 0. The minimum Gasteiger partial charge on any atom is -0.308 e. The number of aromatic amines is 1. The minimum absolute atomic E-state index is 0.151. The lowest BCUT2D eigenvalue weighted by Crippen LogP contribution is -2.38. The number of aromatic nitrogens is 4. The molecule has 3 heterocycles. The van der Waals surface area contributed by atoms with Crippen LogP contribution in [0.25, 0.3) is 11.4 Å². The van der Waals surface area contributed by atoms with E-state index in [1.165, 1.54) is 0 Å². The smallest absolute Gasteiger partial charge is 0.308 e. The molecule has 7 nitrogen and oxygen atoms in total. The average Bonchev–Trinajstić information content (AvgIpc) is 3.11. The highest BCUT2D eigenvalue weighted by molar-refractivity contribution is 6.02. The third kappa shape index (κ3) is 3.08. The topological polar surface area (TPSA) is 86.8 Å². The van der Waals surface area contributed by atoms with Gasteiger partial charge in [0, 0.05) is 29.7 Å². The number of nitrogens with one attached hydrogen (secondary N) is 2. The summed E-state index contributed by atoms with van der Waals surface area (Å²) in [5.41, 5.74) is 4.43. The molecule has 2 aromatic heterocycles. The van der Waals surface area contributed by atoms with Crippen LogP contribution in [0, 0.1) is 6.92 Å². The molecule has 0 spiro atoms. The molecule has 126 valence electrons. The van der Waals surface area contributed by atoms with Gasteiger partial charge in [0.25, 0.3) is 0 Å². The maximum atomic E-state index is 12.6. The number of hydrogen-bond acceptors (Lipinski definition) is 4. The van der Waals surface area contributed by atoms with Crippen molar-refractivity contribution in [1.82, 2.24) is 20.2 Å². The molecule has 2 N–H and O–H groups in total. The first-order chi connectivity index (χ1) is 12.2. The molecule has 0 atom stereocenters. The molecular formula is C18H18N6O. The van der Waals surface area contributed by atoms with Gasteiger partial charge in [-0.25, -0.2) is 14.8 Å². The summed E-state index contributed by atoms with van der Waals surface area (Å²) in [4.78, 5) is 23.0. The van der Waals surface area contributed by atoms with Crippen LogP contribution in [0.4, 0.5) is 16.2 Å². The van der Waals surface area contributed by atoms with Gasteiger partial charge in [-0.15, -0.1) is 0 Å². The molecule has 2 amide bonds. The maximum absolute atomic E-state index is 12.6. The van der Waals surface area contributed by atoms with E-state index in [0.29, 0.717) is 12.4 Å². The van der Waals surface area contributed by atoms with E-state index in [1.54, 1.807) is 17.3 Å². The number of amides is 2. The number of H-pyrrole nitrogens is 1. The first-order valence-corrected chi connectivity index (χ1v) is 8.21. The van der Waals surface area contributed by atoms with Crippen molar-refractivity contribution in [3.05, 3.63) is 54.1 Å². The Morgan fingerprint density at radius 2 is 2.08 bits per heavy atom. The highest BCUT2D eigenvalue weighted by Gasteiger charge is 2.24. The Bertz CT molecular complexity index is 902. The molecule has 0 radical (unpaired) electrons. The summed E-state index contributed by atoms with van der Waals surface area (Å²) in [6.07, 6.45) is 5.29. The number of anilines is 2. The maximum Gasteiger partial charge on any atom is 0.326 e. The molecular weight excluding hydrogens is 316 g/mol. The Balaban J connectivity index is 1.50. The van der Waals surface area contributed by atoms with Crippen LogP contribution in [-0.4, -0.2) is 32.7 Å². The Hall–Kier alpha value is -3.22. The second-order valence-corrected chi connectivity index (χ2v) is 6.02. The number of aryl methyl sites for hydroxylation is 2. The third-order valence-electron chi connectivity index (χ3n) is 4.23. The lowest BCUT2D eigenvalue weighted by atomic mass is 10.1. The van der Waals surface area contributed by atoms with Crippen molar-refractivity contribution >= 4 is 17.4 Å². The van der Waals surface area contributed by atoms with Gasteiger partial charge in [0.15, 0.2) is 5.82 Å². The van der Waals surface area contributed by atoms with Crippen LogP contribution in [0.1, 0.15) is 17.8 Å². The van der Waals surface area contributed by atoms with Crippen molar-refractivity contribution in [2.45, 2.75) is 19.8 Å². The molecule has 4 rings (SSSR count). The molecule has 7 heteroatoms. The van der Waals surface area contributed by atoms with Gasteiger partial charge in [0.2, 0.25) is 0 Å². The predicted octanol–water partition coefficient (Wildman–Crippen LogP) is 3.16. The van der Waals surface area contributed by atoms with E-state index in [4.69, 9.17) is 0 Å². The molecule has 0 fully saturated rings. The van der Waals surface area contributed by atoms with Gasteiger partial charge in [0.05, 0.1) is 17.6 Å². The molecule has 0 unspecified atom stereocenters. The number of rotatable bonds is 2. The van der Waals surface area contributed by atoms with Crippen molar-refractivity contribution in [2.75, 3.05) is 16.8 Å². The summed E-state index contributed by atoms with van der Waals surface area (Å²) in [7, 11) is 0. The summed E-state index contributed by atoms with van der Waals surface area (Å²) in [6.45, 7) is 2.62. The van der Waals surface area contributed by atoms with Crippen molar-refractivity contribution in [3.63, 3.8) is 0 Å². The zero-order chi connectivity index (χ0) is 17.2. The van der Waals surface area contributed by atoms with E-state index in [0.717, 1.165) is 41.2 Å². The standard InChI is InChI=1S/C18H18N6O/c1-12-8-9-19-17(21-12)13-4-6-14(7-5-13)22-18(25)24-10-2-3-15-16(24)11-20-23-15/h4-9,11H,2-3,10H2,1H3,(H,20,23)(H,22,25). The van der Waals surface area contributed by atoms with Crippen LogP contribution in [0.5, 0.6) is 0 Å². The van der Waals surface area contributed by atoms with Gasteiger partial charge in [0.1, 0.15) is 0 Å². The van der Waals surface area contributed by atoms with Crippen molar-refractivity contribution in [1.29, 1.82) is 0 Å². The van der Waals surface area contributed by atoms with Gasteiger partial charge in [-0.2, -0.15) is 5.10 Å². The summed E-state index contributed by atoms with van der Waals surface area (Å²) < 4.78 is 0. The first kappa shape index (κ1) is 15.3. The van der Waals surface area contributed by atoms with Crippen molar-refractivity contribution < 1.29 is 4.79 Å². The highest BCUT2D eigenvalue weighted by atomic mass is 16.2. The molecule has 0 saturated heterocycles. The molecule has 1 aromatic carbocycles. The van der Waals surface area contributed by atoms with Crippen LogP contribution in [0.2, 0.25) is 0 Å². The first-order valence-electron chi connectivity index (χ1n) is 8.21. The SMILES string of the molecule is Cc1ccnc(-c2ccc(NC(=O)N3CCCc4[nH]ncc43)cc2)n1. The molecule has 0 bridgehead atoms. The second-order valence-electron chi connectivity index (χ2n) is 6.02. The minimum atomic E-state index is -0.151. The number of hydrogen-bond donors (Lipinski definition) is 2. The van der Waals surface area contributed by atoms with E-state index in [1.807, 2.05) is 37.3 Å². The number of nitrogens with zero attached hydrogens (tertiary/aromatic N) is 4. The molecule has 1 aliphatic heterocycles. The average molecular weight is 334 g/mol. The fraction of sp³-hybridized carbons (Fsp3) is 0.222. The van der Waals surface area contributed by atoms with Crippen molar-refractivity contribution in [3.8, 4) is 11.4 Å². The third-order valence-corrected chi connectivity index (χ3v) is 4.23. The Morgan fingerprint density at radius 1 is 1.24 bits per heavy atom. The lowest BCUT2D eigenvalue weighted by molar-refractivity contribution is 0.256. The molecule has 0 aliphatic carbocycles. The van der Waals surface area contributed by atoms with Crippen LogP contribution >= 0.6 is 0 Å². The normalized spacial score (nSPS) is 13.4. The van der Waals surface area contributed by atoms with Gasteiger partial charge in [-0.1, -0.05) is 0 Å². The fourth-order valence-electron chi connectivity index (χ4n) is 2.95. The number of urea groups is 1. The fourth-order valence-corrected chi connectivity index (χ4v) is 2.95. The van der Waals surface area contributed by atoms with E-state index >= 15 is 0 Å². The van der Waals surface area contributed by atoms with E-state index in [2.05, 4.69) is 25.5 Å². The van der Waals surface area contributed by atoms with Gasteiger partial charge < -0.3 is 5.32 Å². The van der Waals surface area contributed by atoms with Gasteiger partial charge >= 0.3 is 6.03 Å². The van der Waals surface area contributed by atoms with Crippen LogP contribution in [-0.2, 0) is 6.42 Å². The Labute approximate surface area is 145 Å². The van der Waals surface area contributed by atoms with E-state index < -0.39 is 0 Å². The summed E-state index contributed by atoms with van der Waals surface area (Å²) in [6, 6.07) is 9.24. The summed E-state index contributed by atoms with van der Waals surface area (Å²) in [5.74, 6) is 0.678. The molecule has 25 heavy (non-hydrogen) atoms. The number of carbonyl (C=O) groups excluding carboxylic acids is 1. The Kier molecular flexibility index (Phi) is 3.89. The van der Waals surface area contributed by atoms with Crippen LogP contribution < -0.4 is 10.2 Å². The molecule has 0 saturated carbocycles. The monoisotopic (exact) mass is 334 g/mol. The zero-order valence-electron chi connectivity index (χ0n) is 13.9. The Morgan fingerprint density at radius 3 is 2.88 bits per heavy atom. The number of carbonyl (C=O) groups is 1. The predicted molar refractivity (Wildman–Crippen MR) is 95.5 cm³/mol. The van der Waals surface area contributed by atoms with E-state index in [-0.39, 0.29) is 6.03 Å². The lowest BCUT2D eigenvalue weighted by Gasteiger charge is -2.26. The summed E-state index contributed by atoms with van der Waals surface area (Å²) in [5, 5.41) is 9.92. The van der Waals surface area contributed by atoms with E-state index in [9.17, 15) is 4.79 Å². The number of fused-ring (bicyclic) bond motifs is 1. The highest BCUT2D eigenvalue weighted by Crippen LogP contribution is 2.25. The van der Waals surface area contributed by atoms with Gasteiger partial charge in [-0.3, -0.25) is 10.00 Å². The number of benzene rings is 1. The van der Waals surface area contributed by atoms with Crippen LogP contribution in [0.3, 0.4) is 0 Å².